The summed E-state index contributed by atoms with van der Waals surface area (Å²) in [6, 6.07) is 16.0. The molecule has 0 bridgehead atoms. The second-order valence-corrected chi connectivity index (χ2v) is 7.19. The summed E-state index contributed by atoms with van der Waals surface area (Å²) in [7, 11) is 1.63. The number of nitrogens with zero attached hydrogens (tertiary/aromatic N) is 3. The maximum Gasteiger partial charge on any atom is 0.251 e. The van der Waals surface area contributed by atoms with Gasteiger partial charge < -0.3 is 9.88 Å². The van der Waals surface area contributed by atoms with Gasteiger partial charge in [0.25, 0.3) is 5.91 Å². The van der Waals surface area contributed by atoms with Crippen LogP contribution in [0.5, 0.6) is 0 Å². The zero-order chi connectivity index (χ0) is 20.5. The predicted molar refractivity (Wildman–Crippen MR) is 117 cm³/mol. The topological polar surface area (TPSA) is 59.8 Å². The number of hydrogen-bond acceptors (Lipinski definition) is 3. The van der Waals surface area contributed by atoms with Gasteiger partial charge in [0, 0.05) is 36.5 Å². The summed E-state index contributed by atoms with van der Waals surface area (Å²) in [6.07, 6.45) is 1.90. The van der Waals surface area contributed by atoms with Crippen LogP contribution < -0.4 is 5.32 Å². The van der Waals surface area contributed by atoms with Crippen molar-refractivity contribution in [2.45, 2.75) is 27.3 Å². The maximum absolute atomic E-state index is 12.0. The lowest BCUT2D eigenvalue weighted by molar-refractivity contribution is 0.0963. The molecule has 0 saturated heterocycles. The normalized spacial score (nSPS) is 11.0. The number of rotatable bonds is 4. The average Bonchev–Trinajstić information content (AvgIpc) is 3.10. The number of pyridine rings is 1. The van der Waals surface area contributed by atoms with E-state index in [4.69, 9.17) is 9.97 Å². The van der Waals surface area contributed by atoms with Crippen LogP contribution in [0.25, 0.3) is 33.7 Å². The average molecular weight is 384 g/mol. The molecular formula is C24H24N4O. The minimum Gasteiger partial charge on any atom is -0.355 e. The molecule has 0 atom stereocenters. The standard InChI is InChI=1S/C24H24N4O/c1-5-28-21-11-10-17(24(29)25-4)13-20(21)27-23(28)19-9-7-6-8-18(19)22-16(3)12-15(2)14-26-22/h6-14H,5H2,1-4H3,(H,25,29). The van der Waals surface area contributed by atoms with Crippen LogP contribution in [0.4, 0.5) is 0 Å². The molecule has 146 valence electrons. The first-order chi connectivity index (χ1) is 14.0. The molecular weight excluding hydrogens is 360 g/mol. The molecule has 4 rings (SSSR count). The Morgan fingerprint density at radius 2 is 1.83 bits per heavy atom. The molecule has 0 spiro atoms. The number of imidazole rings is 1. The largest absolute Gasteiger partial charge is 0.355 e. The fourth-order valence-electron chi connectivity index (χ4n) is 3.82. The highest BCUT2D eigenvalue weighted by Gasteiger charge is 2.18. The number of carbonyl (C=O) groups excluding carboxylic acids is 1. The van der Waals surface area contributed by atoms with Crippen molar-refractivity contribution < 1.29 is 4.79 Å². The molecule has 5 heteroatoms. The molecule has 2 aromatic carbocycles. The summed E-state index contributed by atoms with van der Waals surface area (Å²) in [5.74, 6) is 0.772. The van der Waals surface area contributed by atoms with Crippen molar-refractivity contribution in [2.75, 3.05) is 7.05 Å². The summed E-state index contributed by atoms with van der Waals surface area (Å²) >= 11 is 0. The minimum absolute atomic E-state index is 0.112. The Kier molecular flexibility index (Phi) is 4.89. The highest BCUT2D eigenvalue weighted by molar-refractivity contribution is 5.98. The van der Waals surface area contributed by atoms with E-state index in [1.807, 2.05) is 36.5 Å². The molecule has 0 fully saturated rings. The van der Waals surface area contributed by atoms with Crippen molar-refractivity contribution in [2.24, 2.45) is 0 Å². The molecule has 1 amide bonds. The van der Waals surface area contributed by atoms with E-state index in [0.717, 1.165) is 51.4 Å². The van der Waals surface area contributed by atoms with E-state index in [1.165, 1.54) is 0 Å². The lowest BCUT2D eigenvalue weighted by Crippen LogP contribution is -2.17. The van der Waals surface area contributed by atoms with Gasteiger partial charge in [-0.1, -0.05) is 30.3 Å². The van der Waals surface area contributed by atoms with Crippen molar-refractivity contribution in [1.29, 1.82) is 0 Å². The van der Waals surface area contributed by atoms with E-state index >= 15 is 0 Å². The first-order valence-electron chi connectivity index (χ1n) is 9.79. The lowest BCUT2D eigenvalue weighted by atomic mass is 9.99. The Bertz CT molecular complexity index is 1220. The van der Waals surface area contributed by atoms with Gasteiger partial charge in [0.15, 0.2) is 0 Å². The first kappa shape index (κ1) is 18.9. The van der Waals surface area contributed by atoms with Crippen LogP contribution >= 0.6 is 0 Å². The van der Waals surface area contributed by atoms with E-state index in [-0.39, 0.29) is 5.91 Å². The fourth-order valence-corrected chi connectivity index (χ4v) is 3.82. The van der Waals surface area contributed by atoms with Crippen LogP contribution in [0.15, 0.2) is 54.7 Å². The van der Waals surface area contributed by atoms with E-state index in [1.54, 1.807) is 7.05 Å². The van der Waals surface area contributed by atoms with Crippen LogP contribution in [-0.4, -0.2) is 27.5 Å². The molecule has 0 aliphatic carbocycles. The molecule has 2 aromatic heterocycles. The van der Waals surface area contributed by atoms with Gasteiger partial charge in [-0.05, 0) is 50.1 Å². The number of hydrogen-bond donors (Lipinski definition) is 1. The molecule has 0 aliphatic heterocycles. The van der Waals surface area contributed by atoms with Gasteiger partial charge in [0.1, 0.15) is 5.82 Å². The van der Waals surface area contributed by atoms with Crippen LogP contribution in [0.1, 0.15) is 28.4 Å². The molecule has 0 saturated carbocycles. The van der Waals surface area contributed by atoms with Gasteiger partial charge in [-0.2, -0.15) is 0 Å². The third-order valence-corrected chi connectivity index (χ3v) is 5.19. The summed E-state index contributed by atoms with van der Waals surface area (Å²) < 4.78 is 2.19. The number of fused-ring (bicyclic) bond motifs is 1. The lowest BCUT2D eigenvalue weighted by Gasteiger charge is -2.13. The minimum atomic E-state index is -0.112. The molecule has 1 N–H and O–H groups in total. The van der Waals surface area contributed by atoms with Gasteiger partial charge in [-0.15, -0.1) is 0 Å². The Labute approximate surface area is 170 Å². The molecule has 0 radical (unpaired) electrons. The number of nitrogens with one attached hydrogen (secondary N) is 1. The number of aryl methyl sites for hydroxylation is 3. The second-order valence-electron chi connectivity index (χ2n) is 7.19. The van der Waals surface area contributed by atoms with Gasteiger partial charge in [0.2, 0.25) is 0 Å². The van der Waals surface area contributed by atoms with Crippen LogP contribution in [0.3, 0.4) is 0 Å². The maximum atomic E-state index is 12.0. The molecule has 5 nitrogen and oxygen atoms in total. The third-order valence-electron chi connectivity index (χ3n) is 5.19. The van der Waals surface area contributed by atoms with E-state index in [2.05, 4.69) is 48.9 Å². The monoisotopic (exact) mass is 384 g/mol. The fraction of sp³-hybridized carbons (Fsp3) is 0.208. The van der Waals surface area contributed by atoms with Crippen molar-refractivity contribution >= 4 is 16.9 Å². The molecule has 0 unspecified atom stereocenters. The van der Waals surface area contributed by atoms with E-state index in [9.17, 15) is 4.79 Å². The number of benzene rings is 2. The summed E-state index contributed by atoms with van der Waals surface area (Å²) in [6.45, 7) is 7.02. The summed E-state index contributed by atoms with van der Waals surface area (Å²) in [5, 5.41) is 2.67. The first-order valence-corrected chi connectivity index (χ1v) is 9.79. The smallest absolute Gasteiger partial charge is 0.251 e. The molecule has 29 heavy (non-hydrogen) atoms. The highest BCUT2D eigenvalue weighted by atomic mass is 16.1. The number of carbonyl (C=O) groups is 1. The predicted octanol–water partition coefficient (Wildman–Crippen LogP) is 4.76. The quantitative estimate of drug-likeness (QED) is 0.552. The Hall–Kier alpha value is -3.47. The van der Waals surface area contributed by atoms with Crippen LogP contribution in [-0.2, 0) is 6.54 Å². The Morgan fingerprint density at radius 1 is 1.07 bits per heavy atom. The van der Waals surface area contributed by atoms with Crippen molar-refractivity contribution in [3.05, 3.63) is 71.4 Å². The Morgan fingerprint density at radius 3 is 2.52 bits per heavy atom. The van der Waals surface area contributed by atoms with Crippen LogP contribution in [0.2, 0.25) is 0 Å². The third kappa shape index (κ3) is 3.29. The number of aromatic nitrogens is 3. The highest BCUT2D eigenvalue weighted by Crippen LogP contribution is 2.34. The van der Waals surface area contributed by atoms with Gasteiger partial charge in [-0.25, -0.2) is 4.98 Å². The molecule has 0 aliphatic rings. The van der Waals surface area contributed by atoms with Gasteiger partial charge in [0.05, 0.1) is 16.7 Å². The van der Waals surface area contributed by atoms with Crippen LogP contribution in [0, 0.1) is 13.8 Å². The van der Waals surface area contributed by atoms with Crippen molar-refractivity contribution in [3.8, 4) is 22.6 Å². The van der Waals surface area contributed by atoms with Crippen molar-refractivity contribution in [3.63, 3.8) is 0 Å². The summed E-state index contributed by atoms with van der Waals surface area (Å²) in [5.41, 5.74) is 7.77. The van der Waals surface area contributed by atoms with Gasteiger partial charge >= 0.3 is 0 Å². The summed E-state index contributed by atoms with van der Waals surface area (Å²) in [4.78, 5) is 21.7. The van der Waals surface area contributed by atoms with E-state index < -0.39 is 0 Å². The molecule has 4 aromatic rings. The van der Waals surface area contributed by atoms with Gasteiger partial charge in [-0.3, -0.25) is 9.78 Å². The number of amides is 1. The molecule has 2 heterocycles. The van der Waals surface area contributed by atoms with Crippen molar-refractivity contribution in [1.82, 2.24) is 19.9 Å². The zero-order valence-electron chi connectivity index (χ0n) is 17.2. The SMILES string of the molecule is CCn1c(-c2ccccc2-c2ncc(C)cc2C)nc2cc(C(=O)NC)ccc21. The zero-order valence-corrected chi connectivity index (χ0v) is 17.2. The Balaban J connectivity index is 1.94. The van der Waals surface area contributed by atoms with E-state index in [0.29, 0.717) is 5.56 Å². The second kappa shape index (κ2) is 7.51.